The maximum atomic E-state index is 13.4. The predicted octanol–water partition coefficient (Wildman–Crippen LogP) is 4.82. The molecule has 1 aromatic heterocycles. The minimum Gasteiger partial charge on any atom is -0.495 e. The van der Waals surface area contributed by atoms with E-state index in [4.69, 9.17) is 4.74 Å². The Bertz CT molecular complexity index is 834. The summed E-state index contributed by atoms with van der Waals surface area (Å²) >= 11 is 0. The molecule has 2 aromatic rings. The number of likely N-dealkylation sites (N-methyl/N-ethyl adjacent to an activating group) is 1. The average Bonchev–Trinajstić information content (AvgIpc) is 2.94. The van der Waals surface area contributed by atoms with Gasteiger partial charge in [0.2, 0.25) is 0 Å². The van der Waals surface area contributed by atoms with E-state index in [0.717, 1.165) is 61.5 Å². The Balaban J connectivity index is 0.00000256. The molecule has 1 aromatic carbocycles. The van der Waals surface area contributed by atoms with Crippen molar-refractivity contribution in [3.8, 4) is 5.75 Å². The van der Waals surface area contributed by atoms with Gasteiger partial charge in [-0.1, -0.05) is 44.7 Å². The van der Waals surface area contributed by atoms with Gasteiger partial charge in [0, 0.05) is 44.3 Å². The van der Waals surface area contributed by atoms with Crippen LogP contribution in [0.4, 0.5) is 0 Å². The number of rotatable bonds is 5. The number of halogens is 1. The van der Waals surface area contributed by atoms with Gasteiger partial charge in [-0.25, -0.2) is 0 Å². The number of para-hydroxylation sites is 1. The number of amides is 1. The van der Waals surface area contributed by atoms with Gasteiger partial charge in [0.05, 0.1) is 18.2 Å². The van der Waals surface area contributed by atoms with Gasteiger partial charge in [-0.2, -0.15) is 0 Å². The van der Waals surface area contributed by atoms with Gasteiger partial charge in [0.25, 0.3) is 5.91 Å². The average molecular weight is 434 g/mol. The number of aromatic nitrogens is 1. The van der Waals surface area contributed by atoms with Gasteiger partial charge >= 0.3 is 0 Å². The minimum absolute atomic E-state index is 0. The first-order chi connectivity index (χ1) is 14.2. The molecule has 30 heavy (non-hydrogen) atoms. The molecule has 1 aliphatic carbocycles. The van der Waals surface area contributed by atoms with Crippen LogP contribution in [0, 0.1) is 5.92 Å². The van der Waals surface area contributed by atoms with Crippen LogP contribution in [0.25, 0.3) is 10.9 Å². The van der Waals surface area contributed by atoms with Crippen LogP contribution >= 0.6 is 12.4 Å². The summed E-state index contributed by atoms with van der Waals surface area (Å²) in [5.74, 6) is 1.72. The third kappa shape index (κ3) is 4.78. The van der Waals surface area contributed by atoms with E-state index in [9.17, 15) is 4.79 Å². The molecule has 0 bridgehead atoms. The van der Waals surface area contributed by atoms with Crippen molar-refractivity contribution in [2.45, 2.75) is 52.0 Å². The molecule has 1 saturated carbocycles. The molecule has 6 heteroatoms. The van der Waals surface area contributed by atoms with Crippen molar-refractivity contribution < 1.29 is 9.53 Å². The van der Waals surface area contributed by atoms with Crippen molar-refractivity contribution in [1.29, 1.82) is 0 Å². The first-order valence-corrected chi connectivity index (χ1v) is 11.4. The molecule has 2 heterocycles. The largest absolute Gasteiger partial charge is 0.495 e. The summed E-state index contributed by atoms with van der Waals surface area (Å²) in [7, 11) is 1.73. The van der Waals surface area contributed by atoms with Gasteiger partial charge in [0.15, 0.2) is 0 Å². The lowest BCUT2D eigenvalue weighted by molar-refractivity contribution is 0.0645. The van der Waals surface area contributed by atoms with E-state index in [-0.39, 0.29) is 18.3 Å². The van der Waals surface area contributed by atoms with Gasteiger partial charge in [-0.05, 0) is 31.4 Å². The lowest BCUT2D eigenvalue weighted by Gasteiger charge is -2.34. The molecule has 0 atom stereocenters. The Labute approximate surface area is 186 Å². The number of methoxy groups -OCH3 is 1. The topological polar surface area (TPSA) is 37.7 Å². The predicted molar refractivity (Wildman–Crippen MR) is 125 cm³/mol. The second-order valence-corrected chi connectivity index (χ2v) is 8.64. The highest BCUT2D eigenvalue weighted by molar-refractivity contribution is 6.08. The van der Waals surface area contributed by atoms with Crippen LogP contribution in [0.1, 0.15) is 55.8 Å². The summed E-state index contributed by atoms with van der Waals surface area (Å²) in [5, 5.41) is 1.03. The van der Waals surface area contributed by atoms with E-state index in [2.05, 4.69) is 28.7 Å². The monoisotopic (exact) mass is 433 g/mol. The number of fused-ring (bicyclic) bond motifs is 1. The zero-order chi connectivity index (χ0) is 20.2. The number of hydrogen-bond donors (Lipinski definition) is 0. The van der Waals surface area contributed by atoms with Crippen LogP contribution in [0.5, 0.6) is 5.75 Å². The molecule has 0 spiro atoms. The van der Waals surface area contributed by atoms with Crippen molar-refractivity contribution in [2.24, 2.45) is 5.92 Å². The number of benzene rings is 1. The van der Waals surface area contributed by atoms with E-state index in [1.807, 2.05) is 17.0 Å². The number of piperazine rings is 1. The molecule has 1 aliphatic heterocycles. The second-order valence-electron chi connectivity index (χ2n) is 8.64. The van der Waals surface area contributed by atoms with E-state index >= 15 is 0 Å². The minimum atomic E-state index is 0. The Hall–Kier alpha value is -1.72. The van der Waals surface area contributed by atoms with Crippen molar-refractivity contribution >= 4 is 29.2 Å². The van der Waals surface area contributed by atoms with Crippen LogP contribution in [0.2, 0.25) is 0 Å². The Morgan fingerprint density at radius 1 is 1.07 bits per heavy atom. The molecule has 5 nitrogen and oxygen atoms in total. The van der Waals surface area contributed by atoms with Gasteiger partial charge in [-0.3, -0.25) is 4.79 Å². The van der Waals surface area contributed by atoms with E-state index in [0.29, 0.717) is 5.92 Å². The second kappa shape index (κ2) is 10.5. The maximum absolute atomic E-state index is 13.4. The zero-order valence-electron chi connectivity index (χ0n) is 18.4. The van der Waals surface area contributed by atoms with Crippen LogP contribution in [0.3, 0.4) is 0 Å². The summed E-state index contributed by atoms with van der Waals surface area (Å²) in [6.45, 7) is 7.77. The molecular weight excluding hydrogens is 398 g/mol. The molecule has 0 N–H and O–H groups in total. The molecule has 1 amide bonds. The molecular formula is C24H36ClN3O2. The normalized spacial score (nSPS) is 18.8. The zero-order valence-corrected chi connectivity index (χ0v) is 19.3. The fourth-order valence-corrected chi connectivity index (χ4v) is 5.07. The number of hydrogen-bond acceptors (Lipinski definition) is 3. The molecule has 1 saturated heterocycles. The highest BCUT2D eigenvalue weighted by Crippen LogP contribution is 2.33. The van der Waals surface area contributed by atoms with Crippen LogP contribution in [-0.2, 0) is 6.54 Å². The lowest BCUT2D eigenvalue weighted by atomic mass is 10.0. The quantitative estimate of drug-likeness (QED) is 0.634. The highest BCUT2D eigenvalue weighted by Gasteiger charge is 2.26. The van der Waals surface area contributed by atoms with E-state index in [1.54, 1.807) is 7.11 Å². The highest BCUT2D eigenvalue weighted by atomic mass is 35.5. The number of carbonyl (C=O) groups is 1. The van der Waals surface area contributed by atoms with Crippen LogP contribution < -0.4 is 4.74 Å². The molecule has 2 fully saturated rings. The van der Waals surface area contributed by atoms with Crippen LogP contribution in [0.15, 0.2) is 24.4 Å². The number of ether oxygens (including phenoxy) is 1. The van der Waals surface area contributed by atoms with Crippen molar-refractivity contribution in [3.05, 3.63) is 30.0 Å². The summed E-state index contributed by atoms with van der Waals surface area (Å²) < 4.78 is 8.00. The Morgan fingerprint density at radius 2 is 1.77 bits per heavy atom. The molecule has 0 unspecified atom stereocenters. The summed E-state index contributed by atoms with van der Waals surface area (Å²) in [5.41, 5.74) is 1.91. The summed E-state index contributed by atoms with van der Waals surface area (Å²) in [4.78, 5) is 17.9. The van der Waals surface area contributed by atoms with Gasteiger partial charge < -0.3 is 19.1 Å². The molecule has 2 aliphatic rings. The summed E-state index contributed by atoms with van der Waals surface area (Å²) in [6, 6.07) is 6.10. The lowest BCUT2D eigenvalue weighted by Crippen LogP contribution is -2.48. The van der Waals surface area contributed by atoms with Crippen molar-refractivity contribution in [1.82, 2.24) is 14.4 Å². The van der Waals surface area contributed by atoms with Crippen molar-refractivity contribution in [2.75, 3.05) is 39.8 Å². The van der Waals surface area contributed by atoms with E-state index < -0.39 is 0 Å². The maximum Gasteiger partial charge on any atom is 0.256 e. The smallest absolute Gasteiger partial charge is 0.256 e. The molecule has 166 valence electrons. The van der Waals surface area contributed by atoms with Gasteiger partial charge in [0.1, 0.15) is 5.75 Å². The Kier molecular flexibility index (Phi) is 8.06. The third-order valence-electron chi connectivity index (χ3n) is 6.85. The van der Waals surface area contributed by atoms with Crippen molar-refractivity contribution in [3.63, 3.8) is 0 Å². The summed E-state index contributed by atoms with van der Waals surface area (Å²) in [6.07, 6.45) is 10.1. The number of nitrogens with zero attached hydrogens (tertiary/aromatic N) is 3. The molecule has 4 rings (SSSR count). The van der Waals surface area contributed by atoms with E-state index in [1.165, 1.54) is 38.5 Å². The number of carbonyl (C=O) groups excluding carboxylic acids is 1. The Morgan fingerprint density at radius 3 is 2.40 bits per heavy atom. The SMILES string of the molecule is CCN1CCN(C(=O)c2cn(CC3CCCCCC3)c3c(OC)cccc23)CC1.Cl. The standard InChI is InChI=1S/C24H35N3O2.ClH/c1-3-25-13-15-26(16-14-25)24(28)21-18-27(17-19-9-6-4-5-7-10-19)23-20(21)11-8-12-22(23)29-2;/h8,11-12,18-19H,3-7,9-10,13-17H2,1-2H3;1H. The fourth-order valence-electron chi connectivity index (χ4n) is 5.07. The molecule has 0 radical (unpaired) electrons. The first kappa shape index (κ1) is 23.0. The fraction of sp³-hybridized carbons (Fsp3) is 0.625. The van der Waals surface area contributed by atoms with Crippen LogP contribution in [-0.4, -0.2) is 60.1 Å². The van der Waals surface area contributed by atoms with Gasteiger partial charge in [-0.15, -0.1) is 12.4 Å². The first-order valence-electron chi connectivity index (χ1n) is 11.4. The third-order valence-corrected chi connectivity index (χ3v) is 6.85.